The van der Waals surface area contributed by atoms with Crippen LogP contribution in [0.2, 0.25) is 0 Å². The summed E-state index contributed by atoms with van der Waals surface area (Å²) < 4.78 is 0. The largest absolute Gasteiger partial charge is 0.0958 e. The molecule has 0 aromatic rings. The molecule has 0 spiro atoms. The van der Waals surface area contributed by atoms with Crippen LogP contribution in [-0.2, 0) is 0 Å². The summed E-state index contributed by atoms with van der Waals surface area (Å²) in [6, 6.07) is 0. The summed E-state index contributed by atoms with van der Waals surface area (Å²) in [6.07, 6.45) is 5.11. The molecule has 0 aliphatic carbocycles. The highest BCUT2D eigenvalue weighted by atomic mass is 14.0. The van der Waals surface area contributed by atoms with Crippen molar-refractivity contribution in [2.75, 3.05) is 0 Å². The molecule has 13 heavy (non-hydrogen) atoms. The predicted octanol–water partition coefficient (Wildman–Crippen LogP) is 4.75. The molecule has 0 saturated carbocycles. The minimum Gasteiger partial charge on any atom is -0.0958 e. The second-order valence-electron chi connectivity index (χ2n) is 3.07. The van der Waals surface area contributed by atoms with Crippen LogP contribution in [0.1, 0.15) is 41.0 Å². The molecule has 0 N–H and O–H groups in total. The van der Waals surface area contributed by atoms with Crippen LogP contribution in [0.5, 0.6) is 0 Å². The van der Waals surface area contributed by atoms with Crippen molar-refractivity contribution in [3.63, 3.8) is 0 Å². The van der Waals surface area contributed by atoms with Gasteiger partial charge in [-0.1, -0.05) is 71.1 Å². The van der Waals surface area contributed by atoms with Crippen LogP contribution in [0.25, 0.3) is 0 Å². The summed E-state index contributed by atoms with van der Waals surface area (Å²) in [4.78, 5) is 0. The zero-order valence-electron chi connectivity index (χ0n) is 9.85. The number of hydrogen-bond donors (Lipinski definition) is 0. The second kappa shape index (κ2) is 9.31. The van der Waals surface area contributed by atoms with E-state index in [-0.39, 0.29) is 0 Å². The molecular formula is C13H24. The number of allylic oxidation sites excluding steroid dienone is 4. The maximum Gasteiger partial charge on any atom is -0.0225 e. The van der Waals surface area contributed by atoms with Crippen molar-refractivity contribution in [2.45, 2.75) is 41.0 Å². The molecule has 0 fully saturated rings. The fraction of sp³-hybridized carbons (Fsp3) is 0.538. The lowest BCUT2D eigenvalue weighted by atomic mass is 10.0. The topological polar surface area (TPSA) is 0 Å². The van der Waals surface area contributed by atoms with E-state index in [0.29, 0.717) is 5.92 Å². The van der Waals surface area contributed by atoms with E-state index in [0.717, 1.165) is 12.0 Å². The van der Waals surface area contributed by atoms with E-state index in [2.05, 4.69) is 40.0 Å². The summed E-state index contributed by atoms with van der Waals surface area (Å²) in [7, 11) is 0. The van der Waals surface area contributed by atoms with Gasteiger partial charge in [0, 0.05) is 0 Å². The molecule has 0 aliphatic heterocycles. The lowest BCUT2D eigenvalue weighted by Crippen LogP contribution is -1.87. The van der Waals surface area contributed by atoms with E-state index in [4.69, 9.17) is 0 Å². The van der Waals surface area contributed by atoms with Gasteiger partial charge in [0.15, 0.2) is 0 Å². The molecule has 0 heterocycles. The third-order valence-electron chi connectivity index (χ3n) is 1.73. The fourth-order valence-electron chi connectivity index (χ4n) is 0.535. The Bertz CT molecular complexity index is 170. The average Bonchev–Trinajstić information content (AvgIpc) is 2.16. The van der Waals surface area contributed by atoms with E-state index in [1.54, 1.807) is 0 Å². The van der Waals surface area contributed by atoms with Gasteiger partial charge < -0.3 is 0 Å². The number of rotatable bonds is 4. The first kappa shape index (κ1) is 14.7. The maximum absolute atomic E-state index is 3.93. The van der Waals surface area contributed by atoms with Gasteiger partial charge >= 0.3 is 0 Å². The molecular weight excluding hydrogens is 156 g/mol. The molecule has 0 aromatic heterocycles. The standard InChI is InChI=1S/C11H18.C2H6/c1-6-10(4)7-8-11(5)9(2)3;1-2/h7-9H,4-6H2,1-3H3;1-2H3/b8-7-;. The molecule has 0 amide bonds. The summed E-state index contributed by atoms with van der Waals surface area (Å²) in [6.45, 7) is 18.2. The molecule has 0 nitrogen and oxygen atoms in total. The first-order chi connectivity index (χ1) is 6.07. The molecule has 0 rings (SSSR count). The van der Waals surface area contributed by atoms with Crippen molar-refractivity contribution in [1.29, 1.82) is 0 Å². The van der Waals surface area contributed by atoms with Crippen molar-refractivity contribution in [2.24, 2.45) is 5.92 Å². The zero-order valence-corrected chi connectivity index (χ0v) is 9.85. The Morgan fingerprint density at radius 1 is 1.15 bits per heavy atom. The number of hydrogen-bond acceptors (Lipinski definition) is 0. The van der Waals surface area contributed by atoms with Crippen molar-refractivity contribution in [3.05, 3.63) is 36.5 Å². The highest BCUT2D eigenvalue weighted by molar-refractivity contribution is 5.24. The Labute approximate surface area is 84.1 Å². The molecule has 0 aromatic carbocycles. The third kappa shape index (κ3) is 9.13. The minimum absolute atomic E-state index is 0.538. The first-order valence-corrected chi connectivity index (χ1v) is 5.12. The summed E-state index contributed by atoms with van der Waals surface area (Å²) in [5.74, 6) is 0.538. The van der Waals surface area contributed by atoms with E-state index >= 15 is 0 Å². The predicted molar refractivity (Wildman–Crippen MR) is 63.9 cm³/mol. The molecule has 0 bridgehead atoms. The summed E-state index contributed by atoms with van der Waals surface area (Å²) >= 11 is 0. The molecule has 76 valence electrons. The highest BCUT2D eigenvalue weighted by Gasteiger charge is 1.93. The van der Waals surface area contributed by atoms with Gasteiger partial charge in [-0.15, -0.1) is 0 Å². The van der Waals surface area contributed by atoms with Gasteiger partial charge in [-0.2, -0.15) is 0 Å². The van der Waals surface area contributed by atoms with Crippen molar-refractivity contribution in [1.82, 2.24) is 0 Å². The van der Waals surface area contributed by atoms with Gasteiger partial charge in [0.05, 0.1) is 0 Å². The molecule has 0 atom stereocenters. The lowest BCUT2D eigenvalue weighted by Gasteiger charge is -2.02. The monoisotopic (exact) mass is 180 g/mol. The van der Waals surface area contributed by atoms with Crippen LogP contribution in [0.15, 0.2) is 36.5 Å². The van der Waals surface area contributed by atoms with Crippen LogP contribution < -0.4 is 0 Å². The van der Waals surface area contributed by atoms with E-state index < -0.39 is 0 Å². The Morgan fingerprint density at radius 3 is 1.92 bits per heavy atom. The first-order valence-electron chi connectivity index (χ1n) is 5.12. The molecule has 0 radical (unpaired) electrons. The van der Waals surface area contributed by atoms with Crippen LogP contribution >= 0.6 is 0 Å². The van der Waals surface area contributed by atoms with Crippen LogP contribution in [0, 0.1) is 5.92 Å². The fourth-order valence-corrected chi connectivity index (χ4v) is 0.535. The molecule has 0 heteroatoms. The van der Waals surface area contributed by atoms with Gasteiger partial charge in [-0.3, -0.25) is 0 Å². The SMILES string of the molecule is C=C(/C=C\C(=C)C(C)C)CC.CC. The molecule has 0 unspecified atom stereocenters. The Morgan fingerprint density at radius 2 is 1.62 bits per heavy atom. The summed E-state index contributed by atoms with van der Waals surface area (Å²) in [5.41, 5.74) is 2.33. The van der Waals surface area contributed by atoms with Gasteiger partial charge in [-0.05, 0) is 12.3 Å². The Hall–Kier alpha value is -0.780. The molecule has 0 aliphatic rings. The quantitative estimate of drug-likeness (QED) is 0.548. The van der Waals surface area contributed by atoms with Crippen LogP contribution in [0.4, 0.5) is 0 Å². The highest BCUT2D eigenvalue weighted by Crippen LogP contribution is 2.09. The molecule has 0 saturated heterocycles. The van der Waals surface area contributed by atoms with Gasteiger partial charge in [0.25, 0.3) is 0 Å². The van der Waals surface area contributed by atoms with Gasteiger partial charge in [-0.25, -0.2) is 0 Å². The summed E-state index contributed by atoms with van der Waals surface area (Å²) in [5, 5.41) is 0. The Kier molecular flexibility index (Phi) is 10.5. The van der Waals surface area contributed by atoms with Crippen LogP contribution in [0.3, 0.4) is 0 Å². The van der Waals surface area contributed by atoms with E-state index in [1.807, 2.05) is 19.9 Å². The van der Waals surface area contributed by atoms with Gasteiger partial charge in [0.1, 0.15) is 0 Å². The van der Waals surface area contributed by atoms with Crippen LogP contribution in [-0.4, -0.2) is 0 Å². The normalized spacial score (nSPS) is 9.69. The third-order valence-corrected chi connectivity index (χ3v) is 1.73. The Balaban J connectivity index is 0. The smallest absolute Gasteiger partial charge is 0.0225 e. The van der Waals surface area contributed by atoms with E-state index in [1.165, 1.54) is 5.57 Å². The van der Waals surface area contributed by atoms with Crippen molar-refractivity contribution < 1.29 is 0 Å². The average molecular weight is 180 g/mol. The minimum atomic E-state index is 0.538. The van der Waals surface area contributed by atoms with Gasteiger partial charge in [0.2, 0.25) is 0 Å². The lowest BCUT2D eigenvalue weighted by molar-refractivity contribution is 0.795. The maximum atomic E-state index is 3.93. The zero-order chi connectivity index (χ0) is 10.9. The van der Waals surface area contributed by atoms with Crippen molar-refractivity contribution in [3.8, 4) is 0 Å². The van der Waals surface area contributed by atoms with Crippen molar-refractivity contribution >= 4 is 0 Å². The van der Waals surface area contributed by atoms with E-state index in [9.17, 15) is 0 Å². The second-order valence-corrected chi connectivity index (χ2v) is 3.07.